The maximum atomic E-state index is 12.0. The number of anilines is 1. The average Bonchev–Trinajstić information content (AvgIpc) is 2.90. The van der Waals surface area contributed by atoms with E-state index in [0.717, 1.165) is 23.0 Å². The van der Waals surface area contributed by atoms with Crippen LogP contribution in [0.25, 0.3) is 0 Å². The van der Waals surface area contributed by atoms with E-state index >= 15 is 0 Å². The molecule has 5 heteroatoms. The zero-order chi connectivity index (χ0) is 13.7. The van der Waals surface area contributed by atoms with Crippen molar-refractivity contribution in [2.75, 3.05) is 18.5 Å². The molecule has 0 bridgehead atoms. The third-order valence-electron chi connectivity index (χ3n) is 3.02. The van der Waals surface area contributed by atoms with Crippen LogP contribution in [0.4, 0.5) is 5.69 Å². The van der Waals surface area contributed by atoms with Gasteiger partial charge in [-0.15, -0.1) is 0 Å². The molecule has 1 heterocycles. The zero-order valence-electron chi connectivity index (χ0n) is 10.9. The minimum atomic E-state index is -0.447. The number of halogens is 1. The Labute approximate surface area is 121 Å². The molecule has 2 atom stereocenters. The summed E-state index contributed by atoms with van der Waals surface area (Å²) in [5, 5.41) is 3.22. The summed E-state index contributed by atoms with van der Waals surface area (Å²) in [5.74, 6) is -0.255. The maximum Gasteiger partial charge on any atom is 0.331 e. The lowest BCUT2D eigenvalue weighted by atomic mass is 10.1. The Balaban J connectivity index is 2.10. The molecular weight excluding hydrogens is 310 g/mol. The van der Waals surface area contributed by atoms with E-state index in [1.165, 1.54) is 0 Å². The summed E-state index contributed by atoms with van der Waals surface area (Å²) in [4.78, 5) is 12.0. The fourth-order valence-electron chi connectivity index (χ4n) is 2.16. The number of benzene rings is 1. The Hall–Kier alpha value is -1.07. The van der Waals surface area contributed by atoms with Crippen LogP contribution in [0.15, 0.2) is 28.7 Å². The van der Waals surface area contributed by atoms with Crippen LogP contribution in [-0.4, -0.2) is 31.3 Å². The molecule has 0 aromatic heterocycles. The number of carbonyl (C=O) groups is 1. The highest BCUT2D eigenvalue weighted by atomic mass is 79.9. The fourth-order valence-corrected chi connectivity index (χ4v) is 2.56. The maximum absolute atomic E-state index is 12.0. The van der Waals surface area contributed by atoms with Crippen molar-refractivity contribution < 1.29 is 14.3 Å². The monoisotopic (exact) mass is 327 g/mol. The van der Waals surface area contributed by atoms with Crippen molar-refractivity contribution >= 4 is 27.6 Å². The Bertz CT molecular complexity index is 432. The van der Waals surface area contributed by atoms with Crippen LogP contribution in [-0.2, 0) is 14.3 Å². The van der Waals surface area contributed by atoms with Gasteiger partial charge in [-0.2, -0.15) is 0 Å². The Morgan fingerprint density at radius 2 is 2.47 bits per heavy atom. The molecule has 19 heavy (non-hydrogen) atoms. The number of nitrogens with one attached hydrogen (secondary N) is 1. The SMILES string of the molecule is CCOC(=O)[C@@H](Nc1cccc(Br)c1)C1CCCO1. The molecule has 1 aromatic rings. The van der Waals surface area contributed by atoms with Gasteiger partial charge >= 0.3 is 5.97 Å². The van der Waals surface area contributed by atoms with Gasteiger partial charge in [0.15, 0.2) is 6.04 Å². The first kappa shape index (κ1) is 14.3. The van der Waals surface area contributed by atoms with Gasteiger partial charge in [-0.05, 0) is 38.0 Å². The van der Waals surface area contributed by atoms with Gasteiger partial charge < -0.3 is 14.8 Å². The lowest BCUT2D eigenvalue weighted by molar-refractivity contribution is -0.146. The van der Waals surface area contributed by atoms with E-state index in [-0.39, 0.29) is 12.1 Å². The molecule has 0 radical (unpaired) electrons. The lowest BCUT2D eigenvalue weighted by Gasteiger charge is -2.23. The minimum Gasteiger partial charge on any atom is -0.464 e. The average molecular weight is 328 g/mol. The molecule has 0 saturated carbocycles. The molecule has 2 rings (SSSR count). The van der Waals surface area contributed by atoms with Gasteiger partial charge in [-0.25, -0.2) is 4.79 Å². The first-order chi connectivity index (χ1) is 9.20. The van der Waals surface area contributed by atoms with Crippen molar-refractivity contribution in [3.05, 3.63) is 28.7 Å². The molecule has 0 spiro atoms. The van der Waals surface area contributed by atoms with Crippen LogP contribution in [0.1, 0.15) is 19.8 Å². The molecule has 1 aromatic carbocycles. The van der Waals surface area contributed by atoms with Crippen molar-refractivity contribution in [1.82, 2.24) is 0 Å². The third kappa shape index (κ3) is 3.94. The molecular formula is C14H18BrNO3. The van der Waals surface area contributed by atoms with Crippen molar-refractivity contribution in [1.29, 1.82) is 0 Å². The molecule has 4 nitrogen and oxygen atoms in total. The van der Waals surface area contributed by atoms with Gasteiger partial charge in [-0.1, -0.05) is 22.0 Å². The van der Waals surface area contributed by atoms with E-state index in [0.29, 0.717) is 13.2 Å². The van der Waals surface area contributed by atoms with Crippen LogP contribution < -0.4 is 5.32 Å². The number of hydrogen-bond donors (Lipinski definition) is 1. The molecule has 1 unspecified atom stereocenters. The highest BCUT2D eigenvalue weighted by Gasteiger charge is 2.32. The van der Waals surface area contributed by atoms with E-state index in [1.807, 2.05) is 31.2 Å². The summed E-state index contributed by atoms with van der Waals surface area (Å²) in [6.45, 7) is 2.90. The van der Waals surface area contributed by atoms with Crippen molar-refractivity contribution in [2.24, 2.45) is 0 Å². The molecule has 0 amide bonds. The van der Waals surface area contributed by atoms with Crippen molar-refractivity contribution in [2.45, 2.75) is 31.9 Å². The van der Waals surface area contributed by atoms with Gasteiger partial charge in [0.2, 0.25) is 0 Å². The first-order valence-electron chi connectivity index (χ1n) is 6.51. The normalized spacial score (nSPS) is 20.0. The molecule has 1 aliphatic heterocycles. The zero-order valence-corrected chi connectivity index (χ0v) is 12.5. The summed E-state index contributed by atoms with van der Waals surface area (Å²) >= 11 is 3.42. The standard InChI is InChI=1S/C14H18BrNO3/c1-2-18-14(17)13(12-7-4-8-19-12)16-11-6-3-5-10(15)9-11/h3,5-6,9,12-13,16H,2,4,7-8H2,1H3/t12?,13-/m0/s1. The second kappa shape index (κ2) is 6.91. The van der Waals surface area contributed by atoms with Crippen LogP contribution in [0.3, 0.4) is 0 Å². The van der Waals surface area contributed by atoms with E-state index in [9.17, 15) is 4.79 Å². The second-order valence-corrected chi connectivity index (χ2v) is 5.35. The number of hydrogen-bond acceptors (Lipinski definition) is 4. The summed E-state index contributed by atoms with van der Waals surface area (Å²) < 4.78 is 11.7. The smallest absolute Gasteiger partial charge is 0.331 e. The highest BCUT2D eigenvalue weighted by molar-refractivity contribution is 9.10. The fraction of sp³-hybridized carbons (Fsp3) is 0.500. The van der Waals surface area contributed by atoms with Gasteiger partial charge in [0.1, 0.15) is 0 Å². The van der Waals surface area contributed by atoms with E-state index in [2.05, 4.69) is 21.2 Å². The van der Waals surface area contributed by atoms with Crippen molar-refractivity contribution in [3.63, 3.8) is 0 Å². The summed E-state index contributed by atoms with van der Waals surface area (Å²) in [7, 11) is 0. The van der Waals surface area contributed by atoms with Gasteiger partial charge in [0.25, 0.3) is 0 Å². The Kier molecular flexibility index (Phi) is 5.22. The predicted octanol–water partition coefficient (Wildman–Crippen LogP) is 2.97. The van der Waals surface area contributed by atoms with Crippen LogP contribution in [0.2, 0.25) is 0 Å². The van der Waals surface area contributed by atoms with Gasteiger partial charge in [-0.3, -0.25) is 0 Å². The molecule has 1 N–H and O–H groups in total. The van der Waals surface area contributed by atoms with Crippen LogP contribution >= 0.6 is 15.9 Å². The molecule has 0 aliphatic carbocycles. The topological polar surface area (TPSA) is 47.6 Å². The summed E-state index contributed by atoms with van der Waals surface area (Å²) in [6, 6.07) is 7.27. The van der Waals surface area contributed by atoms with E-state index < -0.39 is 6.04 Å². The van der Waals surface area contributed by atoms with E-state index in [4.69, 9.17) is 9.47 Å². The van der Waals surface area contributed by atoms with Crippen LogP contribution in [0.5, 0.6) is 0 Å². The molecule has 1 saturated heterocycles. The Morgan fingerprint density at radius 1 is 1.63 bits per heavy atom. The second-order valence-electron chi connectivity index (χ2n) is 4.44. The lowest BCUT2D eigenvalue weighted by Crippen LogP contribution is -2.41. The molecule has 1 aliphatic rings. The van der Waals surface area contributed by atoms with Gasteiger partial charge in [0, 0.05) is 16.8 Å². The number of esters is 1. The first-order valence-corrected chi connectivity index (χ1v) is 7.30. The third-order valence-corrected chi connectivity index (χ3v) is 3.52. The minimum absolute atomic E-state index is 0.113. The molecule has 1 fully saturated rings. The van der Waals surface area contributed by atoms with Crippen LogP contribution in [0, 0.1) is 0 Å². The Morgan fingerprint density at radius 3 is 3.11 bits per heavy atom. The summed E-state index contributed by atoms with van der Waals surface area (Å²) in [6.07, 6.45) is 1.75. The number of carbonyl (C=O) groups excluding carboxylic acids is 1. The highest BCUT2D eigenvalue weighted by Crippen LogP contribution is 2.22. The van der Waals surface area contributed by atoms with Crippen molar-refractivity contribution in [3.8, 4) is 0 Å². The predicted molar refractivity (Wildman–Crippen MR) is 77.2 cm³/mol. The molecule has 104 valence electrons. The quantitative estimate of drug-likeness (QED) is 0.844. The summed E-state index contributed by atoms with van der Waals surface area (Å²) in [5.41, 5.74) is 0.878. The largest absolute Gasteiger partial charge is 0.464 e. The van der Waals surface area contributed by atoms with E-state index in [1.54, 1.807) is 0 Å². The van der Waals surface area contributed by atoms with Gasteiger partial charge in [0.05, 0.1) is 12.7 Å². The number of rotatable bonds is 5. The number of ether oxygens (including phenoxy) is 2.